The van der Waals surface area contributed by atoms with Crippen LogP contribution in [0.4, 0.5) is 0 Å². The van der Waals surface area contributed by atoms with Gasteiger partial charge in [-0.3, -0.25) is 9.69 Å². The number of amides is 1. The molecule has 0 saturated carbocycles. The van der Waals surface area contributed by atoms with Crippen molar-refractivity contribution in [2.45, 2.75) is 39.7 Å². The van der Waals surface area contributed by atoms with Crippen LogP contribution in [0.5, 0.6) is 0 Å². The minimum absolute atomic E-state index is 0.0158. The van der Waals surface area contributed by atoms with Crippen molar-refractivity contribution in [3.8, 4) is 0 Å². The van der Waals surface area contributed by atoms with Crippen LogP contribution >= 0.6 is 0 Å². The van der Waals surface area contributed by atoms with Crippen molar-refractivity contribution in [1.82, 2.24) is 15.5 Å². The monoisotopic (exact) mass is 299 g/mol. The Bertz CT molecular complexity index is 289. The summed E-state index contributed by atoms with van der Waals surface area (Å²) < 4.78 is 5.46. The highest BCUT2D eigenvalue weighted by Gasteiger charge is 2.27. The lowest BCUT2D eigenvalue weighted by Gasteiger charge is -2.39. The van der Waals surface area contributed by atoms with E-state index in [4.69, 9.17) is 4.74 Å². The maximum atomic E-state index is 12.1. The molecule has 0 spiro atoms. The largest absolute Gasteiger partial charge is 0.379 e. The number of rotatable bonds is 9. The van der Waals surface area contributed by atoms with Gasteiger partial charge >= 0.3 is 0 Å². The number of nitrogens with zero attached hydrogens (tertiary/aromatic N) is 1. The Morgan fingerprint density at radius 3 is 2.33 bits per heavy atom. The molecule has 1 rings (SSSR count). The zero-order chi connectivity index (χ0) is 15.7. The van der Waals surface area contributed by atoms with Crippen LogP contribution in [0.1, 0.15) is 33.6 Å². The average Bonchev–Trinajstić information content (AvgIpc) is 2.52. The molecular formula is C16H33N3O2. The van der Waals surface area contributed by atoms with Gasteiger partial charge in [-0.05, 0) is 13.0 Å². The zero-order valence-electron chi connectivity index (χ0n) is 14.2. The molecule has 124 valence electrons. The molecule has 0 aromatic carbocycles. The zero-order valence-corrected chi connectivity index (χ0v) is 14.2. The molecule has 0 aromatic rings. The van der Waals surface area contributed by atoms with Gasteiger partial charge in [0.15, 0.2) is 0 Å². The van der Waals surface area contributed by atoms with E-state index in [9.17, 15) is 4.79 Å². The van der Waals surface area contributed by atoms with E-state index in [-0.39, 0.29) is 11.8 Å². The van der Waals surface area contributed by atoms with E-state index in [2.05, 4.69) is 29.4 Å². The van der Waals surface area contributed by atoms with Crippen molar-refractivity contribution in [2.75, 3.05) is 46.4 Å². The maximum Gasteiger partial charge on any atom is 0.224 e. The van der Waals surface area contributed by atoms with Gasteiger partial charge in [0, 0.05) is 38.1 Å². The van der Waals surface area contributed by atoms with E-state index in [0.717, 1.165) is 52.2 Å². The lowest BCUT2D eigenvalue weighted by atomic mass is 9.92. The summed E-state index contributed by atoms with van der Waals surface area (Å²) >= 11 is 0. The SMILES string of the molecule is CCC(CC)C(CNC(=O)C(C)CNC)N1CCOCC1. The minimum Gasteiger partial charge on any atom is -0.379 e. The molecule has 21 heavy (non-hydrogen) atoms. The van der Waals surface area contributed by atoms with Gasteiger partial charge in [-0.25, -0.2) is 0 Å². The lowest BCUT2D eigenvalue weighted by Crippen LogP contribution is -2.52. The van der Waals surface area contributed by atoms with Crippen molar-refractivity contribution < 1.29 is 9.53 Å². The first-order valence-corrected chi connectivity index (χ1v) is 8.38. The smallest absolute Gasteiger partial charge is 0.224 e. The number of hydrogen-bond acceptors (Lipinski definition) is 4. The fourth-order valence-corrected chi connectivity index (χ4v) is 3.11. The van der Waals surface area contributed by atoms with E-state index in [0.29, 0.717) is 12.0 Å². The van der Waals surface area contributed by atoms with Crippen molar-refractivity contribution in [1.29, 1.82) is 0 Å². The van der Waals surface area contributed by atoms with Crippen LogP contribution < -0.4 is 10.6 Å². The van der Waals surface area contributed by atoms with Gasteiger partial charge in [0.25, 0.3) is 0 Å². The van der Waals surface area contributed by atoms with Gasteiger partial charge in [-0.1, -0.05) is 33.6 Å². The van der Waals surface area contributed by atoms with Crippen molar-refractivity contribution in [2.24, 2.45) is 11.8 Å². The first-order valence-electron chi connectivity index (χ1n) is 8.38. The van der Waals surface area contributed by atoms with Gasteiger partial charge in [0.05, 0.1) is 13.2 Å². The minimum atomic E-state index is 0.0158. The maximum absolute atomic E-state index is 12.1. The summed E-state index contributed by atoms with van der Waals surface area (Å²) in [5.41, 5.74) is 0. The summed E-state index contributed by atoms with van der Waals surface area (Å²) in [6.45, 7) is 11.5. The number of carbonyl (C=O) groups excluding carboxylic acids is 1. The highest BCUT2D eigenvalue weighted by Crippen LogP contribution is 2.19. The van der Waals surface area contributed by atoms with E-state index < -0.39 is 0 Å². The Morgan fingerprint density at radius 1 is 1.19 bits per heavy atom. The predicted molar refractivity (Wildman–Crippen MR) is 86.4 cm³/mol. The topological polar surface area (TPSA) is 53.6 Å². The number of ether oxygens (including phenoxy) is 1. The molecule has 0 radical (unpaired) electrons. The molecule has 0 aromatic heterocycles. The van der Waals surface area contributed by atoms with E-state index in [1.54, 1.807) is 0 Å². The van der Waals surface area contributed by atoms with Gasteiger partial charge in [-0.15, -0.1) is 0 Å². The lowest BCUT2D eigenvalue weighted by molar-refractivity contribution is -0.124. The van der Waals surface area contributed by atoms with E-state index in [1.807, 2.05) is 14.0 Å². The van der Waals surface area contributed by atoms with Crippen LogP contribution in [0.2, 0.25) is 0 Å². The van der Waals surface area contributed by atoms with Crippen LogP contribution in [0, 0.1) is 11.8 Å². The van der Waals surface area contributed by atoms with Gasteiger partial charge < -0.3 is 15.4 Å². The van der Waals surface area contributed by atoms with Crippen LogP contribution in [-0.4, -0.2) is 63.3 Å². The molecule has 2 N–H and O–H groups in total. The number of morpholine rings is 1. The molecule has 1 heterocycles. The molecule has 0 bridgehead atoms. The standard InChI is InChI=1S/C16H33N3O2/c1-5-14(6-2)15(19-7-9-21-10-8-19)12-18-16(20)13(3)11-17-4/h13-15,17H,5-12H2,1-4H3,(H,18,20). The summed E-state index contributed by atoms with van der Waals surface area (Å²) in [5.74, 6) is 0.790. The summed E-state index contributed by atoms with van der Waals surface area (Å²) in [7, 11) is 1.88. The Kier molecular flexibility index (Phi) is 8.88. The van der Waals surface area contributed by atoms with Crippen molar-refractivity contribution >= 4 is 5.91 Å². The van der Waals surface area contributed by atoms with Gasteiger partial charge in [0.2, 0.25) is 5.91 Å². The summed E-state index contributed by atoms with van der Waals surface area (Å²) in [6.07, 6.45) is 2.31. The third-order valence-corrected chi connectivity index (χ3v) is 4.55. The Labute approximate surface area is 129 Å². The third kappa shape index (κ3) is 5.93. The summed E-state index contributed by atoms with van der Waals surface area (Å²) in [4.78, 5) is 14.6. The molecule has 2 atom stereocenters. The predicted octanol–water partition coefficient (Wildman–Crippen LogP) is 1.10. The van der Waals surface area contributed by atoms with Gasteiger partial charge in [0.1, 0.15) is 0 Å². The summed E-state index contributed by atoms with van der Waals surface area (Å²) in [6, 6.07) is 0.426. The average molecular weight is 299 g/mol. The molecule has 1 fully saturated rings. The Morgan fingerprint density at radius 2 is 1.81 bits per heavy atom. The molecular weight excluding hydrogens is 266 g/mol. The quantitative estimate of drug-likeness (QED) is 0.669. The normalized spacial score (nSPS) is 19.5. The Hall–Kier alpha value is -0.650. The second-order valence-electron chi connectivity index (χ2n) is 6.00. The fraction of sp³-hybridized carbons (Fsp3) is 0.938. The molecule has 0 aliphatic carbocycles. The molecule has 1 saturated heterocycles. The molecule has 5 heteroatoms. The first-order chi connectivity index (χ1) is 10.1. The van der Waals surface area contributed by atoms with Gasteiger partial charge in [-0.2, -0.15) is 0 Å². The number of nitrogens with one attached hydrogen (secondary N) is 2. The van der Waals surface area contributed by atoms with E-state index >= 15 is 0 Å². The molecule has 2 unspecified atom stereocenters. The number of hydrogen-bond donors (Lipinski definition) is 2. The van der Waals surface area contributed by atoms with E-state index in [1.165, 1.54) is 0 Å². The Balaban J connectivity index is 2.57. The molecule has 1 aliphatic rings. The van der Waals surface area contributed by atoms with Crippen LogP contribution in [-0.2, 0) is 9.53 Å². The second kappa shape index (κ2) is 10.1. The van der Waals surface area contributed by atoms with Crippen molar-refractivity contribution in [3.63, 3.8) is 0 Å². The first kappa shape index (κ1) is 18.4. The third-order valence-electron chi connectivity index (χ3n) is 4.55. The molecule has 1 amide bonds. The van der Waals surface area contributed by atoms with Crippen LogP contribution in [0.15, 0.2) is 0 Å². The highest BCUT2D eigenvalue weighted by atomic mass is 16.5. The second-order valence-corrected chi connectivity index (χ2v) is 6.00. The van der Waals surface area contributed by atoms with Crippen LogP contribution in [0.25, 0.3) is 0 Å². The highest BCUT2D eigenvalue weighted by molar-refractivity contribution is 5.78. The van der Waals surface area contributed by atoms with Crippen molar-refractivity contribution in [3.05, 3.63) is 0 Å². The molecule has 5 nitrogen and oxygen atoms in total. The summed E-state index contributed by atoms with van der Waals surface area (Å²) in [5, 5.41) is 6.21. The number of carbonyl (C=O) groups is 1. The molecule has 1 aliphatic heterocycles. The van der Waals surface area contributed by atoms with Crippen LogP contribution in [0.3, 0.4) is 0 Å². The fourth-order valence-electron chi connectivity index (χ4n) is 3.11.